The number of benzene rings is 1. The molecule has 0 aliphatic rings. The molecular formula is C18H21BrFNO4. The zero-order valence-corrected chi connectivity index (χ0v) is 16.2. The lowest BCUT2D eigenvalue weighted by Crippen LogP contribution is -2.24. The number of methoxy groups -OCH3 is 2. The van der Waals surface area contributed by atoms with E-state index >= 15 is 0 Å². The molecule has 2 rings (SSSR count). The van der Waals surface area contributed by atoms with Crippen molar-refractivity contribution in [3.8, 4) is 11.1 Å². The van der Waals surface area contributed by atoms with E-state index < -0.39 is 12.3 Å². The van der Waals surface area contributed by atoms with E-state index in [1.165, 1.54) is 26.4 Å². The SMILES string of the molecule is CCOC(=O)c1c(-c2ccc(F)cc2)c(Br)c(C)n1CC(OC)OC. The van der Waals surface area contributed by atoms with E-state index in [0.717, 1.165) is 10.2 Å². The largest absolute Gasteiger partial charge is 0.461 e. The zero-order valence-electron chi connectivity index (χ0n) is 14.6. The lowest BCUT2D eigenvalue weighted by Gasteiger charge is -2.18. The van der Waals surface area contributed by atoms with Gasteiger partial charge < -0.3 is 18.8 Å². The number of nitrogens with zero attached hydrogens (tertiary/aromatic N) is 1. The Labute approximate surface area is 154 Å². The van der Waals surface area contributed by atoms with Gasteiger partial charge in [0.25, 0.3) is 0 Å². The van der Waals surface area contributed by atoms with Crippen LogP contribution in [0.3, 0.4) is 0 Å². The summed E-state index contributed by atoms with van der Waals surface area (Å²) in [6.45, 7) is 4.19. The third kappa shape index (κ3) is 4.11. The Hall–Kier alpha value is -1.70. The predicted octanol–water partition coefficient (Wildman–Crippen LogP) is 4.16. The van der Waals surface area contributed by atoms with Crippen LogP contribution in [0.15, 0.2) is 28.7 Å². The summed E-state index contributed by atoms with van der Waals surface area (Å²) < 4.78 is 31.6. The van der Waals surface area contributed by atoms with Gasteiger partial charge in [-0.05, 0) is 47.5 Å². The van der Waals surface area contributed by atoms with Gasteiger partial charge in [-0.3, -0.25) is 0 Å². The molecule has 0 atom stereocenters. The van der Waals surface area contributed by atoms with E-state index in [0.29, 0.717) is 23.4 Å². The maximum atomic E-state index is 13.3. The molecule has 2 aromatic rings. The third-order valence-electron chi connectivity index (χ3n) is 3.91. The van der Waals surface area contributed by atoms with Crippen molar-refractivity contribution in [3.63, 3.8) is 0 Å². The summed E-state index contributed by atoms with van der Waals surface area (Å²) in [7, 11) is 3.07. The number of ether oxygens (including phenoxy) is 3. The summed E-state index contributed by atoms with van der Waals surface area (Å²) in [5, 5.41) is 0. The van der Waals surface area contributed by atoms with Crippen LogP contribution in [0.2, 0.25) is 0 Å². The van der Waals surface area contributed by atoms with Gasteiger partial charge in [0.1, 0.15) is 11.5 Å². The van der Waals surface area contributed by atoms with Crippen LogP contribution in [-0.4, -0.2) is 37.7 Å². The summed E-state index contributed by atoms with van der Waals surface area (Å²) in [4.78, 5) is 12.6. The van der Waals surface area contributed by atoms with E-state index in [9.17, 15) is 9.18 Å². The van der Waals surface area contributed by atoms with Crippen LogP contribution in [0.5, 0.6) is 0 Å². The minimum absolute atomic E-state index is 0.252. The van der Waals surface area contributed by atoms with Crippen LogP contribution < -0.4 is 0 Å². The van der Waals surface area contributed by atoms with Crippen molar-refractivity contribution in [2.75, 3.05) is 20.8 Å². The maximum Gasteiger partial charge on any atom is 0.355 e. The van der Waals surface area contributed by atoms with Crippen molar-refractivity contribution in [3.05, 3.63) is 45.9 Å². The maximum absolute atomic E-state index is 13.3. The summed E-state index contributed by atoms with van der Waals surface area (Å²) in [5.41, 5.74) is 2.56. The normalized spacial score (nSPS) is 11.2. The first-order valence-corrected chi connectivity index (χ1v) is 8.61. The minimum atomic E-state index is -0.521. The number of halogens is 2. The fourth-order valence-electron chi connectivity index (χ4n) is 2.62. The summed E-state index contributed by atoms with van der Waals surface area (Å²) in [6.07, 6.45) is -0.521. The van der Waals surface area contributed by atoms with Gasteiger partial charge in [-0.25, -0.2) is 9.18 Å². The van der Waals surface area contributed by atoms with E-state index in [1.807, 2.05) is 6.92 Å². The van der Waals surface area contributed by atoms with E-state index in [-0.39, 0.29) is 12.4 Å². The second-order valence-corrected chi connectivity index (χ2v) is 6.15. The van der Waals surface area contributed by atoms with Crippen LogP contribution in [0, 0.1) is 12.7 Å². The fraction of sp³-hybridized carbons (Fsp3) is 0.389. The van der Waals surface area contributed by atoms with Gasteiger partial charge in [0.2, 0.25) is 0 Å². The number of aromatic nitrogens is 1. The second-order valence-electron chi connectivity index (χ2n) is 5.36. The van der Waals surface area contributed by atoms with Crippen LogP contribution >= 0.6 is 15.9 Å². The minimum Gasteiger partial charge on any atom is -0.461 e. The highest BCUT2D eigenvalue weighted by molar-refractivity contribution is 9.10. The highest BCUT2D eigenvalue weighted by atomic mass is 79.9. The van der Waals surface area contributed by atoms with Gasteiger partial charge in [0.05, 0.1) is 13.2 Å². The topological polar surface area (TPSA) is 49.7 Å². The Morgan fingerprint density at radius 1 is 1.24 bits per heavy atom. The van der Waals surface area contributed by atoms with Crippen molar-refractivity contribution < 1.29 is 23.4 Å². The molecule has 0 aliphatic heterocycles. The molecule has 0 amide bonds. The molecule has 5 nitrogen and oxygen atoms in total. The van der Waals surface area contributed by atoms with E-state index in [1.54, 1.807) is 23.6 Å². The van der Waals surface area contributed by atoms with Crippen LogP contribution in [0.1, 0.15) is 23.1 Å². The van der Waals surface area contributed by atoms with Crippen molar-refractivity contribution in [2.24, 2.45) is 0 Å². The summed E-state index contributed by atoms with van der Waals surface area (Å²) in [6, 6.07) is 5.98. The first kappa shape index (κ1) is 19.6. The van der Waals surface area contributed by atoms with Crippen LogP contribution in [0.25, 0.3) is 11.1 Å². The summed E-state index contributed by atoms with van der Waals surface area (Å²) in [5.74, 6) is -0.797. The lowest BCUT2D eigenvalue weighted by molar-refractivity contribution is -0.111. The Bertz CT molecular complexity index is 739. The van der Waals surface area contributed by atoms with Crippen molar-refractivity contribution in [2.45, 2.75) is 26.7 Å². The molecular weight excluding hydrogens is 393 g/mol. The van der Waals surface area contributed by atoms with Crippen LogP contribution in [0.4, 0.5) is 4.39 Å². The lowest BCUT2D eigenvalue weighted by atomic mass is 10.1. The van der Waals surface area contributed by atoms with Gasteiger partial charge in [0, 0.05) is 29.9 Å². The molecule has 0 aliphatic carbocycles. The standard InChI is InChI=1S/C18H21BrFNO4/c1-5-25-18(22)17-15(12-6-8-13(20)9-7-12)16(19)11(2)21(17)10-14(23-3)24-4/h6-9,14H,5,10H2,1-4H3. The molecule has 1 aromatic carbocycles. The molecule has 0 unspecified atom stereocenters. The zero-order chi connectivity index (χ0) is 18.6. The Balaban J connectivity index is 2.65. The Morgan fingerprint density at radius 3 is 2.36 bits per heavy atom. The summed E-state index contributed by atoms with van der Waals surface area (Å²) >= 11 is 3.56. The Kier molecular flexibility index (Phi) is 6.75. The number of carbonyl (C=O) groups excluding carboxylic acids is 1. The van der Waals surface area contributed by atoms with Crippen molar-refractivity contribution in [1.29, 1.82) is 0 Å². The first-order chi connectivity index (χ1) is 11.9. The molecule has 7 heteroatoms. The van der Waals surface area contributed by atoms with E-state index in [4.69, 9.17) is 14.2 Å². The van der Waals surface area contributed by atoms with Gasteiger partial charge in [-0.1, -0.05) is 12.1 Å². The number of hydrogen-bond acceptors (Lipinski definition) is 4. The van der Waals surface area contributed by atoms with Gasteiger partial charge in [-0.2, -0.15) is 0 Å². The number of carbonyl (C=O) groups is 1. The van der Waals surface area contributed by atoms with Crippen molar-refractivity contribution >= 4 is 21.9 Å². The number of esters is 1. The highest BCUT2D eigenvalue weighted by Gasteiger charge is 2.27. The first-order valence-electron chi connectivity index (χ1n) is 7.81. The van der Waals surface area contributed by atoms with Crippen molar-refractivity contribution in [1.82, 2.24) is 4.57 Å². The second kappa shape index (κ2) is 8.60. The monoisotopic (exact) mass is 413 g/mol. The quantitative estimate of drug-likeness (QED) is 0.504. The molecule has 0 saturated carbocycles. The Morgan fingerprint density at radius 2 is 1.84 bits per heavy atom. The smallest absolute Gasteiger partial charge is 0.355 e. The van der Waals surface area contributed by atoms with E-state index in [2.05, 4.69) is 15.9 Å². The average Bonchev–Trinajstić information content (AvgIpc) is 2.85. The molecule has 0 spiro atoms. The number of hydrogen-bond donors (Lipinski definition) is 0. The van der Waals surface area contributed by atoms with Crippen LogP contribution in [-0.2, 0) is 20.8 Å². The molecule has 136 valence electrons. The molecule has 0 bridgehead atoms. The molecule has 25 heavy (non-hydrogen) atoms. The molecule has 1 heterocycles. The molecule has 0 saturated heterocycles. The van der Waals surface area contributed by atoms with Gasteiger partial charge in [-0.15, -0.1) is 0 Å². The molecule has 0 N–H and O–H groups in total. The predicted molar refractivity (Wildman–Crippen MR) is 96.0 cm³/mol. The third-order valence-corrected chi connectivity index (χ3v) is 4.88. The number of rotatable bonds is 7. The van der Waals surface area contributed by atoms with Gasteiger partial charge >= 0.3 is 5.97 Å². The average molecular weight is 414 g/mol. The fourth-order valence-corrected chi connectivity index (χ4v) is 3.25. The highest BCUT2D eigenvalue weighted by Crippen LogP contribution is 2.37. The molecule has 0 fully saturated rings. The molecule has 1 aromatic heterocycles. The molecule has 0 radical (unpaired) electrons. The van der Waals surface area contributed by atoms with Gasteiger partial charge in [0.15, 0.2) is 6.29 Å².